The molecule has 0 bridgehead atoms. The average Bonchev–Trinajstić information content (AvgIpc) is 2.83. The van der Waals surface area contributed by atoms with E-state index in [-0.39, 0.29) is 24.5 Å². The van der Waals surface area contributed by atoms with Crippen molar-refractivity contribution in [3.63, 3.8) is 0 Å². The third kappa shape index (κ3) is 5.63. The zero-order chi connectivity index (χ0) is 22.9. The lowest BCUT2D eigenvalue weighted by molar-refractivity contribution is -0.124. The van der Waals surface area contributed by atoms with E-state index in [1.165, 1.54) is 14.2 Å². The molecule has 0 spiro atoms. The Bertz CT molecular complexity index is 902. The molecule has 8 heteroatoms. The van der Waals surface area contributed by atoms with Crippen LogP contribution >= 0.6 is 0 Å². The zero-order valence-corrected chi connectivity index (χ0v) is 18.8. The highest BCUT2D eigenvalue weighted by atomic mass is 16.5. The number of rotatable bonds is 9. The van der Waals surface area contributed by atoms with Gasteiger partial charge in [-0.05, 0) is 44.0 Å². The predicted octanol–water partition coefficient (Wildman–Crippen LogP) is 2.90. The first-order valence-electron chi connectivity index (χ1n) is 10.7. The molecular formula is C24H30N2O6. The summed E-state index contributed by atoms with van der Waals surface area (Å²) in [7, 11) is 3.06. The number of hydrogen-bond acceptors (Lipinski definition) is 6. The molecule has 0 atom stereocenters. The number of benzene rings is 2. The van der Waals surface area contributed by atoms with Gasteiger partial charge in [0.05, 0.1) is 20.8 Å². The molecule has 1 saturated heterocycles. The Morgan fingerprint density at radius 3 is 2.03 bits per heavy atom. The van der Waals surface area contributed by atoms with E-state index < -0.39 is 0 Å². The van der Waals surface area contributed by atoms with Crippen LogP contribution in [-0.4, -0.2) is 63.3 Å². The van der Waals surface area contributed by atoms with Gasteiger partial charge in [-0.2, -0.15) is 0 Å². The van der Waals surface area contributed by atoms with Gasteiger partial charge >= 0.3 is 0 Å². The molecule has 1 N–H and O–H groups in total. The molecule has 1 aliphatic heterocycles. The van der Waals surface area contributed by atoms with Crippen LogP contribution in [0.5, 0.6) is 23.0 Å². The molecule has 0 aromatic heterocycles. The highest BCUT2D eigenvalue weighted by Gasteiger charge is 2.28. The van der Waals surface area contributed by atoms with Crippen molar-refractivity contribution >= 4 is 11.8 Å². The number of piperidine rings is 1. The van der Waals surface area contributed by atoms with E-state index in [9.17, 15) is 9.59 Å². The summed E-state index contributed by atoms with van der Waals surface area (Å²) in [6.45, 7) is 3.37. The van der Waals surface area contributed by atoms with Crippen LogP contribution in [0, 0.1) is 0 Å². The van der Waals surface area contributed by atoms with Crippen molar-refractivity contribution in [1.82, 2.24) is 10.2 Å². The molecular weight excluding hydrogens is 412 g/mol. The Balaban J connectivity index is 1.51. The summed E-state index contributed by atoms with van der Waals surface area (Å²) in [6, 6.07) is 12.5. The Morgan fingerprint density at radius 2 is 1.47 bits per heavy atom. The molecule has 8 nitrogen and oxygen atoms in total. The number of carbonyl (C=O) groups excluding carboxylic acids is 2. The van der Waals surface area contributed by atoms with E-state index in [2.05, 4.69) is 5.32 Å². The van der Waals surface area contributed by atoms with Crippen molar-refractivity contribution in [3.05, 3.63) is 48.0 Å². The standard InChI is InChI=1S/C24H30N2O6/c1-4-31-18-8-5-6-9-19(18)32-16-22(27)25-17-12-14-26(15-13-17)24(28)23-20(29-2)10-7-11-21(23)30-3/h5-11,17H,4,12-16H2,1-3H3,(H,25,27). The van der Waals surface area contributed by atoms with Gasteiger partial charge in [-0.15, -0.1) is 0 Å². The number of nitrogens with one attached hydrogen (secondary N) is 1. The maximum atomic E-state index is 13.1. The topological polar surface area (TPSA) is 86.3 Å². The van der Waals surface area contributed by atoms with Crippen LogP contribution in [0.1, 0.15) is 30.1 Å². The molecule has 32 heavy (non-hydrogen) atoms. The van der Waals surface area contributed by atoms with Crippen LogP contribution in [0.2, 0.25) is 0 Å². The number of amides is 2. The van der Waals surface area contributed by atoms with E-state index in [0.29, 0.717) is 61.1 Å². The second kappa shape index (κ2) is 11.3. The number of hydrogen-bond donors (Lipinski definition) is 1. The van der Waals surface area contributed by atoms with Crippen molar-refractivity contribution in [2.45, 2.75) is 25.8 Å². The fraction of sp³-hybridized carbons (Fsp3) is 0.417. The van der Waals surface area contributed by atoms with Gasteiger partial charge in [-0.3, -0.25) is 9.59 Å². The van der Waals surface area contributed by atoms with Crippen molar-refractivity contribution in [2.24, 2.45) is 0 Å². The van der Waals surface area contributed by atoms with Crippen LogP contribution < -0.4 is 24.3 Å². The van der Waals surface area contributed by atoms with Crippen LogP contribution in [0.4, 0.5) is 0 Å². The van der Waals surface area contributed by atoms with Crippen molar-refractivity contribution in [1.29, 1.82) is 0 Å². The minimum Gasteiger partial charge on any atom is -0.496 e. The van der Waals surface area contributed by atoms with Gasteiger partial charge in [0.15, 0.2) is 18.1 Å². The van der Waals surface area contributed by atoms with Gasteiger partial charge < -0.3 is 29.2 Å². The summed E-state index contributed by atoms with van der Waals surface area (Å²) < 4.78 is 21.8. The molecule has 1 heterocycles. The number of methoxy groups -OCH3 is 2. The first-order chi connectivity index (χ1) is 15.6. The second-order valence-corrected chi connectivity index (χ2v) is 7.34. The summed E-state index contributed by atoms with van der Waals surface area (Å²) >= 11 is 0. The quantitative estimate of drug-likeness (QED) is 0.643. The SMILES string of the molecule is CCOc1ccccc1OCC(=O)NC1CCN(C(=O)c2c(OC)cccc2OC)CC1. The molecule has 0 saturated carbocycles. The Labute approximate surface area is 188 Å². The van der Waals surface area contributed by atoms with E-state index in [1.54, 1.807) is 35.2 Å². The number of para-hydroxylation sites is 2. The first-order valence-corrected chi connectivity index (χ1v) is 10.7. The van der Waals surface area contributed by atoms with Crippen LogP contribution in [0.25, 0.3) is 0 Å². The fourth-order valence-electron chi connectivity index (χ4n) is 3.70. The largest absolute Gasteiger partial charge is 0.496 e. The van der Waals surface area contributed by atoms with Gasteiger partial charge in [0.25, 0.3) is 11.8 Å². The lowest BCUT2D eigenvalue weighted by Gasteiger charge is -2.33. The van der Waals surface area contributed by atoms with Gasteiger partial charge in [-0.1, -0.05) is 18.2 Å². The predicted molar refractivity (Wildman–Crippen MR) is 120 cm³/mol. The smallest absolute Gasteiger partial charge is 0.261 e. The monoisotopic (exact) mass is 442 g/mol. The summed E-state index contributed by atoms with van der Waals surface area (Å²) in [6.07, 6.45) is 1.31. The molecule has 0 aliphatic carbocycles. The highest BCUT2D eigenvalue weighted by molar-refractivity contribution is 5.99. The second-order valence-electron chi connectivity index (χ2n) is 7.34. The third-order valence-corrected chi connectivity index (χ3v) is 5.30. The van der Waals surface area contributed by atoms with Crippen molar-refractivity contribution < 1.29 is 28.5 Å². The fourth-order valence-corrected chi connectivity index (χ4v) is 3.70. The van der Waals surface area contributed by atoms with Gasteiger partial charge in [0.2, 0.25) is 0 Å². The molecule has 172 valence electrons. The van der Waals surface area contributed by atoms with Crippen LogP contribution in [0.3, 0.4) is 0 Å². The molecule has 2 amide bonds. The Kier molecular flexibility index (Phi) is 8.19. The number of likely N-dealkylation sites (tertiary alicyclic amines) is 1. The van der Waals surface area contributed by atoms with E-state index in [1.807, 2.05) is 19.1 Å². The third-order valence-electron chi connectivity index (χ3n) is 5.30. The number of carbonyl (C=O) groups is 2. The summed E-state index contributed by atoms with van der Waals surface area (Å²) in [5, 5.41) is 2.99. The van der Waals surface area contributed by atoms with Gasteiger partial charge in [0, 0.05) is 19.1 Å². The summed E-state index contributed by atoms with van der Waals surface area (Å²) in [5.41, 5.74) is 0.418. The summed E-state index contributed by atoms with van der Waals surface area (Å²) in [5.74, 6) is 1.77. The van der Waals surface area contributed by atoms with Crippen LogP contribution in [0.15, 0.2) is 42.5 Å². The molecule has 2 aromatic rings. The maximum absolute atomic E-state index is 13.1. The molecule has 1 aliphatic rings. The number of nitrogens with zero attached hydrogens (tertiary/aromatic N) is 1. The normalized spacial score (nSPS) is 13.9. The molecule has 0 radical (unpaired) electrons. The highest BCUT2D eigenvalue weighted by Crippen LogP contribution is 2.30. The lowest BCUT2D eigenvalue weighted by Crippen LogP contribution is -2.47. The minimum absolute atomic E-state index is 0.0168. The Morgan fingerprint density at radius 1 is 0.906 bits per heavy atom. The first kappa shape index (κ1) is 23.2. The van der Waals surface area contributed by atoms with Gasteiger partial charge in [0.1, 0.15) is 17.1 Å². The van der Waals surface area contributed by atoms with E-state index in [0.717, 1.165) is 0 Å². The Hall–Kier alpha value is -3.42. The zero-order valence-electron chi connectivity index (χ0n) is 18.8. The van der Waals surface area contributed by atoms with E-state index >= 15 is 0 Å². The molecule has 3 rings (SSSR count). The maximum Gasteiger partial charge on any atom is 0.261 e. The van der Waals surface area contributed by atoms with Crippen molar-refractivity contribution in [3.8, 4) is 23.0 Å². The van der Waals surface area contributed by atoms with Crippen molar-refractivity contribution in [2.75, 3.05) is 40.5 Å². The van der Waals surface area contributed by atoms with Gasteiger partial charge in [-0.25, -0.2) is 0 Å². The van der Waals surface area contributed by atoms with E-state index in [4.69, 9.17) is 18.9 Å². The minimum atomic E-state index is -0.201. The lowest BCUT2D eigenvalue weighted by atomic mass is 10.0. The summed E-state index contributed by atoms with van der Waals surface area (Å²) in [4.78, 5) is 27.2. The molecule has 2 aromatic carbocycles. The average molecular weight is 443 g/mol. The number of ether oxygens (including phenoxy) is 4. The molecule has 0 unspecified atom stereocenters. The molecule has 1 fully saturated rings. The van der Waals surface area contributed by atoms with Crippen LogP contribution in [-0.2, 0) is 4.79 Å².